The summed E-state index contributed by atoms with van der Waals surface area (Å²) < 4.78 is 35.8. The van der Waals surface area contributed by atoms with E-state index in [0.29, 0.717) is 0 Å². The number of nitrogens with two attached hydrogens (primary N) is 1. The van der Waals surface area contributed by atoms with Crippen molar-refractivity contribution in [1.29, 1.82) is 0 Å². The molecule has 0 bridgehead atoms. The number of carbonyl (C=O) groups excluding carboxylic acids is 2. The highest BCUT2D eigenvalue weighted by molar-refractivity contribution is 6.14. The lowest BCUT2D eigenvalue weighted by molar-refractivity contribution is -0.146. The first kappa shape index (κ1) is 22.6. The van der Waals surface area contributed by atoms with Crippen LogP contribution in [0.25, 0.3) is 0 Å². The Kier molecular flexibility index (Phi) is 9.74. The van der Waals surface area contributed by atoms with Gasteiger partial charge in [0.05, 0.1) is 18.9 Å². The topological polar surface area (TPSA) is 90.6 Å². The third kappa shape index (κ3) is 7.86. The van der Waals surface area contributed by atoms with E-state index in [-0.39, 0.29) is 18.9 Å². The highest BCUT2D eigenvalue weighted by atomic mass is 19.1. The Morgan fingerprint density at radius 2 is 1.57 bits per heavy atom. The fourth-order valence-corrected chi connectivity index (χ4v) is 1.83. The molecule has 0 spiro atoms. The van der Waals surface area contributed by atoms with Crippen LogP contribution in [0.15, 0.2) is 60.3 Å². The number of hydrogen-bond acceptors (Lipinski definition) is 6. The molecular formula is C20H22F2N2O4. The van der Waals surface area contributed by atoms with Gasteiger partial charge in [0.25, 0.3) is 0 Å². The number of ether oxygens (including phenoxy) is 2. The quantitative estimate of drug-likeness (QED) is 0.256. The Bertz CT molecular complexity index is 791. The van der Waals surface area contributed by atoms with Crippen LogP contribution in [0.1, 0.15) is 13.8 Å². The standard InChI is InChI=1S/C14H15F2NO4.C6H7N/c1-3-20-13(18)10(14(19)21-4-2)8-17-12-7-9(15)5-6-11(12)16;7-6-4-2-1-3-5-6/h5-8,17H,3-4H2,1-2H3;1-5H,7H2. The van der Waals surface area contributed by atoms with Gasteiger partial charge in [-0.3, -0.25) is 0 Å². The van der Waals surface area contributed by atoms with Crippen LogP contribution in [0, 0.1) is 11.6 Å². The Hall–Kier alpha value is -3.42. The summed E-state index contributed by atoms with van der Waals surface area (Å²) in [4.78, 5) is 23.3. The fourth-order valence-electron chi connectivity index (χ4n) is 1.83. The fraction of sp³-hybridized carbons (Fsp3) is 0.200. The minimum Gasteiger partial charge on any atom is -0.462 e. The molecule has 28 heavy (non-hydrogen) atoms. The van der Waals surface area contributed by atoms with Crippen molar-refractivity contribution in [3.63, 3.8) is 0 Å². The van der Waals surface area contributed by atoms with Crippen LogP contribution in [0.5, 0.6) is 0 Å². The van der Waals surface area contributed by atoms with Crippen LogP contribution in [0.2, 0.25) is 0 Å². The molecule has 0 aromatic heterocycles. The molecule has 0 aliphatic heterocycles. The summed E-state index contributed by atoms with van der Waals surface area (Å²) in [7, 11) is 0. The molecular weight excluding hydrogens is 370 g/mol. The smallest absolute Gasteiger partial charge is 0.347 e. The molecule has 2 rings (SSSR count). The molecule has 0 heterocycles. The third-order valence-electron chi connectivity index (χ3n) is 3.09. The zero-order chi connectivity index (χ0) is 20.9. The Morgan fingerprint density at radius 3 is 2.04 bits per heavy atom. The molecule has 0 saturated carbocycles. The summed E-state index contributed by atoms with van der Waals surface area (Å²) in [6, 6.07) is 12.2. The summed E-state index contributed by atoms with van der Waals surface area (Å²) in [5, 5.41) is 2.35. The number of rotatable bonds is 6. The monoisotopic (exact) mass is 392 g/mol. The van der Waals surface area contributed by atoms with E-state index in [1.807, 2.05) is 30.3 Å². The molecule has 0 aliphatic carbocycles. The number of para-hydroxylation sites is 1. The zero-order valence-corrected chi connectivity index (χ0v) is 15.6. The van der Waals surface area contributed by atoms with Crippen molar-refractivity contribution in [3.8, 4) is 0 Å². The number of hydrogen-bond donors (Lipinski definition) is 2. The lowest BCUT2D eigenvalue weighted by atomic mass is 10.2. The van der Waals surface area contributed by atoms with Crippen molar-refractivity contribution in [2.75, 3.05) is 24.3 Å². The Labute approximate surface area is 161 Å². The summed E-state index contributed by atoms with van der Waals surface area (Å²) >= 11 is 0. The average Bonchev–Trinajstić information content (AvgIpc) is 2.66. The van der Waals surface area contributed by atoms with Crippen LogP contribution in [0.3, 0.4) is 0 Å². The normalized spacial score (nSPS) is 9.43. The van der Waals surface area contributed by atoms with Gasteiger partial charge < -0.3 is 20.5 Å². The van der Waals surface area contributed by atoms with Gasteiger partial charge in [-0.15, -0.1) is 0 Å². The van der Waals surface area contributed by atoms with Gasteiger partial charge >= 0.3 is 11.9 Å². The van der Waals surface area contributed by atoms with Crippen molar-refractivity contribution in [2.45, 2.75) is 13.8 Å². The van der Waals surface area contributed by atoms with Crippen molar-refractivity contribution >= 4 is 23.3 Å². The predicted molar refractivity (Wildman–Crippen MR) is 102 cm³/mol. The highest BCUT2D eigenvalue weighted by Gasteiger charge is 2.21. The van der Waals surface area contributed by atoms with Crippen LogP contribution in [-0.4, -0.2) is 25.2 Å². The van der Waals surface area contributed by atoms with Crippen molar-refractivity contribution in [3.05, 3.63) is 71.9 Å². The van der Waals surface area contributed by atoms with Crippen molar-refractivity contribution in [1.82, 2.24) is 0 Å². The van der Waals surface area contributed by atoms with Crippen LogP contribution >= 0.6 is 0 Å². The molecule has 0 unspecified atom stereocenters. The molecule has 8 heteroatoms. The predicted octanol–water partition coefficient (Wildman–Crippen LogP) is 3.66. The van der Waals surface area contributed by atoms with Crippen LogP contribution in [-0.2, 0) is 19.1 Å². The third-order valence-corrected chi connectivity index (χ3v) is 3.09. The van der Waals surface area contributed by atoms with E-state index in [1.54, 1.807) is 13.8 Å². The summed E-state index contributed by atoms with van der Waals surface area (Å²) in [5.74, 6) is -3.23. The molecule has 0 aliphatic rings. The first-order valence-electron chi connectivity index (χ1n) is 8.45. The number of benzene rings is 2. The molecule has 150 valence electrons. The van der Waals surface area contributed by atoms with E-state index in [4.69, 9.17) is 15.2 Å². The SMILES string of the molecule is CCOC(=O)C(=CNc1cc(F)ccc1F)C(=O)OCC.Nc1ccccc1. The maximum atomic E-state index is 13.4. The lowest BCUT2D eigenvalue weighted by Crippen LogP contribution is -2.19. The number of esters is 2. The number of nitrogens with one attached hydrogen (secondary N) is 1. The summed E-state index contributed by atoms with van der Waals surface area (Å²) in [6.45, 7) is 3.26. The maximum Gasteiger partial charge on any atom is 0.347 e. The van der Waals surface area contributed by atoms with E-state index in [9.17, 15) is 18.4 Å². The van der Waals surface area contributed by atoms with Gasteiger partial charge in [-0.2, -0.15) is 0 Å². The van der Waals surface area contributed by atoms with Gasteiger partial charge in [-0.25, -0.2) is 18.4 Å². The summed E-state index contributed by atoms with van der Waals surface area (Å²) in [6.07, 6.45) is 0.924. The molecule has 0 fully saturated rings. The van der Waals surface area contributed by atoms with Crippen LogP contribution < -0.4 is 11.1 Å². The number of halogens is 2. The van der Waals surface area contributed by atoms with Gasteiger partial charge in [-0.05, 0) is 38.1 Å². The van der Waals surface area contributed by atoms with Gasteiger partial charge in [0.2, 0.25) is 0 Å². The van der Waals surface area contributed by atoms with Gasteiger partial charge in [0.15, 0.2) is 5.57 Å². The molecule has 2 aromatic rings. The van der Waals surface area contributed by atoms with E-state index in [2.05, 4.69) is 5.32 Å². The molecule has 3 N–H and O–H groups in total. The number of nitrogen functional groups attached to an aromatic ring is 1. The second-order valence-electron chi connectivity index (χ2n) is 5.18. The van der Waals surface area contributed by atoms with E-state index in [1.165, 1.54) is 0 Å². The Balaban J connectivity index is 0.000000467. The summed E-state index contributed by atoms with van der Waals surface area (Å²) in [5.41, 5.74) is 5.52. The largest absolute Gasteiger partial charge is 0.462 e. The zero-order valence-electron chi connectivity index (χ0n) is 15.6. The number of carbonyl (C=O) groups is 2. The molecule has 0 radical (unpaired) electrons. The van der Waals surface area contributed by atoms with Crippen molar-refractivity contribution in [2.24, 2.45) is 0 Å². The average molecular weight is 392 g/mol. The maximum absolute atomic E-state index is 13.4. The van der Waals surface area contributed by atoms with Crippen LogP contribution in [0.4, 0.5) is 20.2 Å². The molecule has 6 nitrogen and oxygen atoms in total. The van der Waals surface area contributed by atoms with E-state index >= 15 is 0 Å². The first-order chi connectivity index (χ1) is 13.4. The van der Waals surface area contributed by atoms with Gasteiger partial charge in [0, 0.05) is 18.0 Å². The van der Waals surface area contributed by atoms with E-state index < -0.39 is 29.1 Å². The van der Waals surface area contributed by atoms with Crippen molar-refractivity contribution < 1.29 is 27.8 Å². The Morgan fingerprint density at radius 1 is 1.00 bits per heavy atom. The molecule has 2 aromatic carbocycles. The number of anilines is 2. The second kappa shape index (κ2) is 12.1. The highest BCUT2D eigenvalue weighted by Crippen LogP contribution is 2.16. The lowest BCUT2D eigenvalue weighted by Gasteiger charge is -2.08. The molecule has 0 amide bonds. The molecule has 0 saturated heterocycles. The minimum absolute atomic E-state index is 0.0594. The molecule has 0 atom stereocenters. The minimum atomic E-state index is -0.916. The first-order valence-corrected chi connectivity index (χ1v) is 8.45. The second-order valence-corrected chi connectivity index (χ2v) is 5.18. The van der Waals surface area contributed by atoms with Gasteiger partial charge in [0.1, 0.15) is 11.6 Å². The van der Waals surface area contributed by atoms with E-state index in [0.717, 1.165) is 30.1 Å². The van der Waals surface area contributed by atoms with Gasteiger partial charge in [-0.1, -0.05) is 18.2 Å².